The van der Waals surface area contributed by atoms with E-state index in [4.69, 9.17) is 4.74 Å². The van der Waals surface area contributed by atoms with Crippen molar-refractivity contribution in [2.24, 2.45) is 0 Å². The van der Waals surface area contributed by atoms with E-state index in [2.05, 4.69) is 53.4 Å². The van der Waals surface area contributed by atoms with Crippen molar-refractivity contribution in [2.75, 3.05) is 13.2 Å². The minimum Gasteiger partial charge on any atom is -0.371 e. The van der Waals surface area contributed by atoms with Gasteiger partial charge in [-0.1, -0.05) is 30.3 Å². The number of nitrogens with zero attached hydrogens (tertiary/aromatic N) is 1. The Labute approximate surface area is 159 Å². The van der Waals surface area contributed by atoms with E-state index in [-0.39, 0.29) is 12.0 Å². The van der Waals surface area contributed by atoms with Gasteiger partial charge in [-0.05, 0) is 48.6 Å². The number of nitrogens with one attached hydrogen (secondary N) is 2. The third kappa shape index (κ3) is 3.74. The first-order chi connectivity index (χ1) is 13.1. The van der Waals surface area contributed by atoms with Crippen LogP contribution in [0.1, 0.15) is 40.6 Å². The normalized spacial score (nSPS) is 16.3. The first kappa shape index (κ1) is 17.7. The molecular formula is C22H25N3O2. The van der Waals surface area contributed by atoms with Crippen LogP contribution in [0, 0.1) is 13.8 Å². The number of benzene rings is 2. The molecule has 0 spiro atoms. The predicted molar refractivity (Wildman–Crippen MR) is 106 cm³/mol. The van der Waals surface area contributed by atoms with E-state index in [1.54, 1.807) is 0 Å². The zero-order valence-electron chi connectivity index (χ0n) is 15.8. The lowest BCUT2D eigenvalue weighted by Crippen LogP contribution is -2.32. The quantitative estimate of drug-likeness (QED) is 0.729. The van der Waals surface area contributed by atoms with E-state index in [1.807, 2.05) is 12.1 Å². The van der Waals surface area contributed by atoms with Crippen molar-refractivity contribution in [3.8, 4) is 0 Å². The van der Waals surface area contributed by atoms with Gasteiger partial charge in [0.1, 0.15) is 11.9 Å². The first-order valence-corrected chi connectivity index (χ1v) is 9.52. The number of ether oxygens (including phenoxy) is 1. The molecule has 1 aliphatic rings. The number of carbonyl (C=O) groups is 1. The molecule has 0 aliphatic carbocycles. The lowest BCUT2D eigenvalue weighted by atomic mass is 9.97. The van der Waals surface area contributed by atoms with Crippen molar-refractivity contribution < 1.29 is 9.53 Å². The third-order valence-electron chi connectivity index (χ3n) is 5.39. The summed E-state index contributed by atoms with van der Waals surface area (Å²) >= 11 is 0. The van der Waals surface area contributed by atoms with Gasteiger partial charge in [-0.15, -0.1) is 0 Å². The number of fused-ring (bicyclic) bond motifs is 2. The molecule has 0 bridgehead atoms. The molecule has 1 aliphatic heterocycles. The SMILES string of the molecule is Cc1ccc2[nH]c(CCC(=O)NC[C@H]3OCCc4ccccc43)nc2c1C. The fraction of sp³-hybridized carbons (Fsp3) is 0.364. The number of amides is 1. The van der Waals surface area contributed by atoms with Crippen LogP contribution in [0.2, 0.25) is 0 Å². The van der Waals surface area contributed by atoms with Crippen LogP contribution in [-0.4, -0.2) is 29.0 Å². The average Bonchev–Trinajstić information content (AvgIpc) is 3.11. The van der Waals surface area contributed by atoms with Gasteiger partial charge in [-0.25, -0.2) is 4.98 Å². The molecule has 0 saturated heterocycles. The van der Waals surface area contributed by atoms with Gasteiger partial charge in [0.25, 0.3) is 0 Å². The Hall–Kier alpha value is -2.66. The second-order valence-corrected chi connectivity index (χ2v) is 7.20. The summed E-state index contributed by atoms with van der Waals surface area (Å²) in [6.07, 6.45) is 1.88. The van der Waals surface area contributed by atoms with E-state index in [9.17, 15) is 4.79 Å². The van der Waals surface area contributed by atoms with Crippen molar-refractivity contribution >= 4 is 16.9 Å². The van der Waals surface area contributed by atoms with Crippen LogP contribution in [-0.2, 0) is 22.4 Å². The molecule has 1 atom stereocenters. The minimum absolute atomic E-state index is 0.0232. The van der Waals surface area contributed by atoms with E-state index in [0.29, 0.717) is 26.0 Å². The van der Waals surface area contributed by atoms with Crippen LogP contribution in [0.4, 0.5) is 0 Å². The summed E-state index contributed by atoms with van der Waals surface area (Å²) in [7, 11) is 0. The fourth-order valence-electron chi connectivity index (χ4n) is 3.66. The largest absolute Gasteiger partial charge is 0.371 e. The summed E-state index contributed by atoms with van der Waals surface area (Å²) < 4.78 is 5.85. The molecule has 2 heterocycles. The molecule has 0 saturated carbocycles. The maximum absolute atomic E-state index is 12.3. The Morgan fingerprint density at radius 2 is 2.11 bits per heavy atom. The molecule has 27 heavy (non-hydrogen) atoms. The highest BCUT2D eigenvalue weighted by Crippen LogP contribution is 2.26. The number of H-pyrrole nitrogens is 1. The van der Waals surface area contributed by atoms with Gasteiger partial charge in [0.2, 0.25) is 5.91 Å². The summed E-state index contributed by atoms with van der Waals surface area (Å²) in [4.78, 5) is 20.3. The molecular weight excluding hydrogens is 338 g/mol. The van der Waals surface area contributed by atoms with Gasteiger partial charge in [0.05, 0.1) is 17.6 Å². The highest BCUT2D eigenvalue weighted by molar-refractivity contribution is 5.80. The van der Waals surface area contributed by atoms with Crippen LogP contribution in [0.5, 0.6) is 0 Å². The number of aromatic amines is 1. The van der Waals surface area contributed by atoms with Crippen LogP contribution in [0.15, 0.2) is 36.4 Å². The van der Waals surface area contributed by atoms with E-state index < -0.39 is 0 Å². The van der Waals surface area contributed by atoms with E-state index >= 15 is 0 Å². The predicted octanol–water partition coefficient (Wildman–Crippen LogP) is 3.54. The Balaban J connectivity index is 1.34. The summed E-state index contributed by atoms with van der Waals surface area (Å²) in [5.74, 6) is 0.878. The highest BCUT2D eigenvalue weighted by Gasteiger charge is 2.20. The summed E-state index contributed by atoms with van der Waals surface area (Å²) in [6.45, 7) is 5.38. The van der Waals surface area contributed by atoms with Crippen molar-refractivity contribution in [3.63, 3.8) is 0 Å². The van der Waals surface area contributed by atoms with Crippen LogP contribution in [0.25, 0.3) is 11.0 Å². The van der Waals surface area contributed by atoms with Crippen molar-refractivity contribution in [2.45, 2.75) is 39.2 Å². The number of hydrogen-bond acceptors (Lipinski definition) is 3. The van der Waals surface area contributed by atoms with Gasteiger partial charge < -0.3 is 15.0 Å². The van der Waals surface area contributed by atoms with Crippen molar-refractivity contribution in [1.82, 2.24) is 15.3 Å². The molecule has 0 fully saturated rings. The van der Waals surface area contributed by atoms with Crippen LogP contribution in [0.3, 0.4) is 0 Å². The standard InChI is InChI=1S/C22H25N3O2/c1-14-7-8-18-22(15(14)2)25-20(24-18)9-10-21(26)23-13-19-17-6-4-3-5-16(17)11-12-27-19/h3-8,19H,9-13H2,1-2H3,(H,23,26)(H,24,25)/t19-/m1/s1. The molecule has 2 N–H and O–H groups in total. The Morgan fingerprint density at radius 3 is 3.00 bits per heavy atom. The van der Waals surface area contributed by atoms with Gasteiger partial charge in [-0.3, -0.25) is 4.79 Å². The van der Waals surface area contributed by atoms with Gasteiger partial charge in [0.15, 0.2) is 0 Å². The number of rotatable bonds is 5. The second kappa shape index (κ2) is 7.53. The molecule has 4 rings (SSSR count). The monoisotopic (exact) mass is 363 g/mol. The second-order valence-electron chi connectivity index (χ2n) is 7.20. The molecule has 5 nitrogen and oxygen atoms in total. The average molecular weight is 363 g/mol. The molecule has 1 aromatic heterocycles. The molecule has 140 valence electrons. The van der Waals surface area contributed by atoms with Crippen LogP contribution >= 0.6 is 0 Å². The Kier molecular flexibility index (Phi) is 4.94. The number of aromatic nitrogens is 2. The maximum Gasteiger partial charge on any atom is 0.220 e. The first-order valence-electron chi connectivity index (χ1n) is 9.52. The Morgan fingerprint density at radius 1 is 1.26 bits per heavy atom. The molecule has 2 aromatic carbocycles. The lowest BCUT2D eigenvalue weighted by molar-refractivity contribution is -0.121. The fourth-order valence-corrected chi connectivity index (χ4v) is 3.66. The zero-order chi connectivity index (χ0) is 18.8. The minimum atomic E-state index is -0.0595. The molecule has 3 aromatic rings. The number of hydrogen-bond donors (Lipinski definition) is 2. The van der Waals surface area contributed by atoms with Gasteiger partial charge >= 0.3 is 0 Å². The molecule has 0 unspecified atom stereocenters. The zero-order valence-corrected chi connectivity index (χ0v) is 15.8. The molecule has 1 amide bonds. The van der Waals surface area contributed by atoms with Crippen molar-refractivity contribution in [1.29, 1.82) is 0 Å². The lowest BCUT2D eigenvalue weighted by Gasteiger charge is -2.26. The van der Waals surface area contributed by atoms with E-state index in [0.717, 1.165) is 23.3 Å². The third-order valence-corrected chi connectivity index (χ3v) is 5.39. The summed E-state index contributed by atoms with van der Waals surface area (Å²) in [5.41, 5.74) is 6.94. The smallest absolute Gasteiger partial charge is 0.220 e. The maximum atomic E-state index is 12.3. The van der Waals surface area contributed by atoms with Crippen LogP contribution < -0.4 is 5.32 Å². The molecule has 0 radical (unpaired) electrons. The van der Waals surface area contributed by atoms with Crippen molar-refractivity contribution in [3.05, 3.63) is 64.5 Å². The van der Waals surface area contributed by atoms with Gasteiger partial charge in [0, 0.05) is 19.4 Å². The summed E-state index contributed by atoms with van der Waals surface area (Å²) in [6, 6.07) is 12.4. The number of aryl methyl sites for hydroxylation is 3. The highest BCUT2D eigenvalue weighted by atomic mass is 16.5. The van der Waals surface area contributed by atoms with E-state index in [1.165, 1.54) is 22.3 Å². The molecule has 5 heteroatoms. The van der Waals surface area contributed by atoms with Gasteiger partial charge in [-0.2, -0.15) is 0 Å². The summed E-state index contributed by atoms with van der Waals surface area (Å²) in [5, 5.41) is 3.01. The number of imidazole rings is 1. The Bertz CT molecular complexity index is 977. The topological polar surface area (TPSA) is 67.0 Å². The number of carbonyl (C=O) groups excluding carboxylic acids is 1.